The van der Waals surface area contributed by atoms with Gasteiger partial charge in [-0.3, -0.25) is 4.90 Å². The van der Waals surface area contributed by atoms with E-state index >= 15 is 0 Å². The van der Waals surface area contributed by atoms with E-state index in [0.717, 1.165) is 18.1 Å². The first kappa shape index (κ1) is 13.8. The molecule has 0 radical (unpaired) electrons. The second kappa shape index (κ2) is 8.14. The fraction of sp³-hybridized carbons (Fsp3) is 0.625. The fourth-order valence-electron chi connectivity index (χ4n) is 1.12. The zero-order valence-corrected chi connectivity index (χ0v) is 9.56. The third kappa shape index (κ3) is 4.88. The van der Waals surface area contributed by atoms with Crippen LogP contribution < -0.4 is 5.73 Å². The average molecular weight is 238 g/mol. The Balaban J connectivity index is 0.00000169. The Hall–Kier alpha value is -0.200. The molecule has 82 valence electrons. The van der Waals surface area contributed by atoms with Gasteiger partial charge < -0.3 is 10.8 Å². The minimum absolute atomic E-state index is 0. The quantitative estimate of drug-likeness (QED) is 0.748. The number of nitrogens with zero attached hydrogens (tertiary/aromatic N) is 2. The van der Waals surface area contributed by atoms with Gasteiger partial charge in [-0.25, -0.2) is 4.98 Å². The molecule has 0 unspecified atom stereocenters. The summed E-state index contributed by atoms with van der Waals surface area (Å²) in [6.07, 6.45) is 1.79. The van der Waals surface area contributed by atoms with Crippen LogP contribution in [-0.2, 0) is 6.54 Å². The van der Waals surface area contributed by atoms with Crippen LogP contribution in [0.5, 0.6) is 0 Å². The Morgan fingerprint density at radius 3 is 2.79 bits per heavy atom. The standard InChI is InChI=1S/C8H15N3OS.ClH/c9-1-3-11(4-5-12)7-8-10-2-6-13-8;/h2,6,12H,1,3-5,7,9H2;1H. The van der Waals surface area contributed by atoms with Crippen molar-refractivity contribution in [1.82, 2.24) is 9.88 Å². The molecular weight excluding hydrogens is 222 g/mol. The van der Waals surface area contributed by atoms with E-state index in [-0.39, 0.29) is 19.0 Å². The maximum Gasteiger partial charge on any atom is 0.107 e. The van der Waals surface area contributed by atoms with Crippen molar-refractivity contribution in [1.29, 1.82) is 0 Å². The van der Waals surface area contributed by atoms with Crippen molar-refractivity contribution in [2.75, 3.05) is 26.2 Å². The van der Waals surface area contributed by atoms with Crippen LogP contribution >= 0.6 is 23.7 Å². The Kier molecular flexibility index (Phi) is 8.02. The number of hydrogen-bond donors (Lipinski definition) is 2. The maximum atomic E-state index is 8.79. The molecule has 0 bridgehead atoms. The predicted octanol–water partition coefficient (Wildman–Crippen LogP) is 0.318. The largest absolute Gasteiger partial charge is 0.395 e. The molecule has 0 aliphatic heterocycles. The predicted molar refractivity (Wildman–Crippen MR) is 60.8 cm³/mol. The summed E-state index contributed by atoms with van der Waals surface area (Å²) >= 11 is 1.63. The van der Waals surface area contributed by atoms with Crippen molar-refractivity contribution in [3.8, 4) is 0 Å². The van der Waals surface area contributed by atoms with Crippen molar-refractivity contribution in [3.63, 3.8) is 0 Å². The molecule has 0 saturated carbocycles. The lowest BCUT2D eigenvalue weighted by Crippen LogP contribution is -2.31. The average Bonchev–Trinajstić information content (AvgIpc) is 2.58. The molecule has 0 aromatic carbocycles. The van der Waals surface area contributed by atoms with Crippen LogP contribution in [0.15, 0.2) is 11.6 Å². The minimum Gasteiger partial charge on any atom is -0.395 e. The third-order valence-electron chi connectivity index (χ3n) is 1.70. The van der Waals surface area contributed by atoms with Gasteiger partial charge in [0.1, 0.15) is 5.01 Å². The van der Waals surface area contributed by atoms with Crippen molar-refractivity contribution >= 4 is 23.7 Å². The van der Waals surface area contributed by atoms with Crippen LogP contribution in [0, 0.1) is 0 Å². The van der Waals surface area contributed by atoms with E-state index in [1.807, 2.05) is 5.38 Å². The molecule has 0 aliphatic rings. The first-order chi connectivity index (χ1) is 6.36. The molecule has 1 aromatic rings. The number of nitrogens with two attached hydrogens (primary N) is 1. The van der Waals surface area contributed by atoms with Crippen molar-refractivity contribution in [2.24, 2.45) is 5.73 Å². The van der Waals surface area contributed by atoms with E-state index in [4.69, 9.17) is 10.8 Å². The number of rotatable bonds is 6. The molecular formula is C8H16ClN3OS. The molecule has 6 heteroatoms. The normalized spacial score (nSPS) is 10.2. The molecule has 4 nitrogen and oxygen atoms in total. The zero-order chi connectivity index (χ0) is 9.52. The SMILES string of the molecule is Cl.NCCN(CCO)Cc1nccs1. The highest BCUT2D eigenvalue weighted by Crippen LogP contribution is 2.07. The zero-order valence-electron chi connectivity index (χ0n) is 7.93. The van der Waals surface area contributed by atoms with Crippen LogP contribution in [0.2, 0.25) is 0 Å². The van der Waals surface area contributed by atoms with E-state index in [2.05, 4.69) is 9.88 Å². The number of hydrogen-bond acceptors (Lipinski definition) is 5. The van der Waals surface area contributed by atoms with Gasteiger partial charge in [-0.2, -0.15) is 0 Å². The lowest BCUT2D eigenvalue weighted by Gasteiger charge is -2.18. The summed E-state index contributed by atoms with van der Waals surface area (Å²) in [6.45, 7) is 3.04. The number of aliphatic hydroxyl groups is 1. The lowest BCUT2D eigenvalue weighted by atomic mass is 10.4. The summed E-state index contributed by atoms with van der Waals surface area (Å²) in [5.41, 5.74) is 5.45. The van der Waals surface area contributed by atoms with Crippen LogP contribution in [0.4, 0.5) is 0 Å². The van der Waals surface area contributed by atoms with Gasteiger partial charge in [0.15, 0.2) is 0 Å². The van der Waals surface area contributed by atoms with Crippen molar-refractivity contribution in [2.45, 2.75) is 6.54 Å². The molecule has 0 amide bonds. The molecule has 0 fully saturated rings. The molecule has 0 saturated heterocycles. The first-order valence-electron chi connectivity index (χ1n) is 4.28. The van der Waals surface area contributed by atoms with Gasteiger partial charge in [0, 0.05) is 31.2 Å². The number of thiazole rings is 1. The van der Waals surface area contributed by atoms with Crippen LogP contribution in [0.1, 0.15) is 5.01 Å². The van der Waals surface area contributed by atoms with Crippen LogP contribution in [0.25, 0.3) is 0 Å². The molecule has 0 spiro atoms. The number of aliphatic hydroxyl groups excluding tert-OH is 1. The van der Waals surface area contributed by atoms with Crippen LogP contribution in [-0.4, -0.2) is 41.2 Å². The van der Waals surface area contributed by atoms with Crippen molar-refractivity contribution < 1.29 is 5.11 Å². The smallest absolute Gasteiger partial charge is 0.107 e. The first-order valence-corrected chi connectivity index (χ1v) is 5.16. The van der Waals surface area contributed by atoms with E-state index in [1.54, 1.807) is 17.5 Å². The minimum atomic E-state index is 0. The van der Waals surface area contributed by atoms with Gasteiger partial charge in [-0.15, -0.1) is 23.7 Å². The summed E-state index contributed by atoms with van der Waals surface area (Å²) in [7, 11) is 0. The molecule has 0 atom stereocenters. The highest BCUT2D eigenvalue weighted by Gasteiger charge is 2.05. The summed E-state index contributed by atoms with van der Waals surface area (Å²) in [6, 6.07) is 0. The number of halogens is 1. The highest BCUT2D eigenvalue weighted by molar-refractivity contribution is 7.09. The molecule has 1 heterocycles. The second-order valence-corrected chi connectivity index (χ2v) is 3.69. The summed E-state index contributed by atoms with van der Waals surface area (Å²) in [5.74, 6) is 0. The Labute approximate surface area is 94.2 Å². The second-order valence-electron chi connectivity index (χ2n) is 2.71. The van der Waals surface area contributed by atoms with E-state index in [9.17, 15) is 0 Å². The molecule has 14 heavy (non-hydrogen) atoms. The molecule has 1 rings (SSSR count). The van der Waals surface area contributed by atoms with E-state index in [0.29, 0.717) is 13.1 Å². The van der Waals surface area contributed by atoms with Crippen molar-refractivity contribution in [3.05, 3.63) is 16.6 Å². The van der Waals surface area contributed by atoms with Gasteiger partial charge in [0.05, 0.1) is 13.2 Å². The van der Waals surface area contributed by atoms with Gasteiger partial charge >= 0.3 is 0 Å². The molecule has 1 aromatic heterocycles. The van der Waals surface area contributed by atoms with Gasteiger partial charge in [-0.05, 0) is 0 Å². The molecule has 3 N–H and O–H groups in total. The van der Waals surface area contributed by atoms with E-state index < -0.39 is 0 Å². The summed E-state index contributed by atoms with van der Waals surface area (Å²) < 4.78 is 0. The number of aromatic nitrogens is 1. The third-order valence-corrected chi connectivity index (χ3v) is 2.47. The fourth-order valence-corrected chi connectivity index (χ4v) is 1.77. The highest BCUT2D eigenvalue weighted by atomic mass is 35.5. The topological polar surface area (TPSA) is 62.4 Å². The Morgan fingerprint density at radius 1 is 1.50 bits per heavy atom. The Bertz CT molecular complexity index is 214. The van der Waals surface area contributed by atoms with Gasteiger partial charge in [-0.1, -0.05) is 0 Å². The Morgan fingerprint density at radius 2 is 2.29 bits per heavy atom. The van der Waals surface area contributed by atoms with Crippen LogP contribution in [0.3, 0.4) is 0 Å². The maximum absolute atomic E-state index is 8.79. The van der Waals surface area contributed by atoms with Gasteiger partial charge in [0.2, 0.25) is 0 Å². The molecule has 0 aliphatic carbocycles. The lowest BCUT2D eigenvalue weighted by molar-refractivity contribution is 0.193. The monoisotopic (exact) mass is 237 g/mol. The summed E-state index contributed by atoms with van der Waals surface area (Å²) in [5, 5.41) is 11.8. The van der Waals surface area contributed by atoms with E-state index in [1.165, 1.54) is 0 Å². The van der Waals surface area contributed by atoms with Gasteiger partial charge in [0.25, 0.3) is 0 Å². The summed E-state index contributed by atoms with van der Waals surface area (Å²) in [4.78, 5) is 6.27.